The maximum absolute atomic E-state index is 12.8. The molecule has 30 heavy (non-hydrogen) atoms. The largest absolute Gasteiger partial charge is 0.433 e. The summed E-state index contributed by atoms with van der Waals surface area (Å²) in [5.41, 5.74) is -0.399. The van der Waals surface area contributed by atoms with Crippen molar-refractivity contribution < 1.29 is 38.3 Å². The molecular formula is C16H24ClF3N4O5S. The van der Waals surface area contributed by atoms with Gasteiger partial charge in [0.1, 0.15) is 17.9 Å². The lowest BCUT2D eigenvalue weighted by Gasteiger charge is -2.23. The monoisotopic (exact) mass is 476 g/mol. The summed E-state index contributed by atoms with van der Waals surface area (Å²) in [5, 5.41) is 43.1. The molecule has 1 aliphatic carbocycles. The predicted octanol–water partition coefficient (Wildman–Crippen LogP) is 1.21. The fourth-order valence-electron chi connectivity index (χ4n) is 2.80. The van der Waals surface area contributed by atoms with Gasteiger partial charge in [0.05, 0.1) is 25.4 Å². The third kappa shape index (κ3) is 6.45. The van der Waals surface area contributed by atoms with Crippen molar-refractivity contribution in [2.24, 2.45) is 0 Å². The minimum absolute atomic E-state index is 0.0527. The van der Waals surface area contributed by atoms with E-state index in [1.807, 2.05) is 12.2 Å². The summed E-state index contributed by atoms with van der Waals surface area (Å²) >= 11 is 7.27. The maximum Gasteiger partial charge on any atom is 0.433 e. The molecule has 1 heterocycles. The number of ether oxygens (including phenoxy) is 1. The Morgan fingerprint density at radius 1 is 1.30 bits per heavy atom. The number of hydrogen-bond acceptors (Lipinski definition) is 10. The Morgan fingerprint density at radius 2 is 2.00 bits per heavy atom. The average Bonchev–Trinajstić information content (AvgIpc) is 2.94. The van der Waals surface area contributed by atoms with Crippen LogP contribution >= 0.6 is 23.4 Å². The van der Waals surface area contributed by atoms with Crippen molar-refractivity contribution in [2.75, 3.05) is 29.6 Å². The van der Waals surface area contributed by atoms with Crippen LogP contribution in [0.3, 0.4) is 0 Å². The zero-order valence-electron chi connectivity index (χ0n) is 15.9. The molecule has 0 aromatic carbocycles. The molecule has 9 nitrogen and oxygen atoms in total. The summed E-state index contributed by atoms with van der Waals surface area (Å²) in [4.78, 5) is 8.10. The van der Waals surface area contributed by atoms with Crippen LogP contribution in [0, 0.1) is 0 Å². The van der Waals surface area contributed by atoms with Crippen molar-refractivity contribution >= 4 is 34.9 Å². The van der Waals surface area contributed by atoms with Gasteiger partial charge in [-0.2, -0.15) is 13.2 Å². The summed E-state index contributed by atoms with van der Waals surface area (Å²) in [6.07, 6.45) is -10.4. The van der Waals surface area contributed by atoms with Gasteiger partial charge >= 0.3 is 6.18 Å². The van der Waals surface area contributed by atoms with E-state index < -0.39 is 42.4 Å². The zero-order valence-corrected chi connectivity index (χ0v) is 17.5. The van der Waals surface area contributed by atoms with Crippen molar-refractivity contribution in [1.82, 2.24) is 9.97 Å². The van der Waals surface area contributed by atoms with Crippen LogP contribution in [0.25, 0.3) is 0 Å². The molecule has 1 saturated carbocycles. The molecule has 14 heteroatoms. The number of alkyl halides is 3. The molecule has 1 aromatic rings. The Morgan fingerprint density at radius 3 is 2.60 bits per heavy atom. The molecule has 1 aliphatic rings. The van der Waals surface area contributed by atoms with Crippen LogP contribution in [-0.4, -0.2) is 86.1 Å². The molecule has 0 radical (unpaired) electrons. The second kappa shape index (κ2) is 11.0. The smallest absolute Gasteiger partial charge is 0.394 e. The summed E-state index contributed by atoms with van der Waals surface area (Å²) in [7, 11) is 0. The van der Waals surface area contributed by atoms with Gasteiger partial charge in [-0.25, -0.2) is 9.97 Å². The Kier molecular flexibility index (Phi) is 9.21. The lowest BCUT2D eigenvalue weighted by atomic mass is 10.2. The van der Waals surface area contributed by atoms with Crippen LogP contribution in [0.5, 0.6) is 0 Å². The van der Waals surface area contributed by atoms with Crippen molar-refractivity contribution in [3.63, 3.8) is 0 Å². The Labute approximate surface area is 180 Å². The molecule has 0 bridgehead atoms. The Balaban J connectivity index is 2.29. The van der Waals surface area contributed by atoms with Gasteiger partial charge in [-0.3, -0.25) is 0 Å². The van der Waals surface area contributed by atoms with Gasteiger partial charge in [0, 0.05) is 5.75 Å². The maximum atomic E-state index is 12.8. The minimum atomic E-state index is -4.97. The molecule has 1 unspecified atom stereocenters. The highest BCUT2D eigenvalue weighted by Gasteiger charge is 2.43. The van der Waals surface area contributed by atoms with Gasteiger partial charge in [0.2, 0.25) is 6.23 Å². The highest BCUT2D eigenvalue weighted by atomic mass is 35.5. The van der Waals surface area contributed by atoms with Crippen LogP contribution in [0.4, 0.5) is 24.7 Å². The van der Waals surface area contributed by atoms with Gasteiger partial charge in [-0.1, -0.05) is 30.3 Å². The van der Waals surface area contributed by atoms with Crippen molar-refractivity contribution in [3.8, 4) is 0 Å². The number of thioether (sulfide) groups is 1. The second-order valence-electron chi connectivity index (χ2n) is 6.56. The number of rotatable bonds is 10. The van der Waals surface area contributed by atoms with Crippen molar-refractivity contribution in [1.29, 1.82) is 0 Å². The molecule has 0 aliphatic heterocycles. The number of anilines is 2. The fourth-order valence-corrected chi connectivity index (χ4v) is 3.77. The number of nitrogens with one attached hydrogen (secondary N) is 2. The molecule has 1 aromatic heterocycles. The number of aliphatic hydroxyl groups excluding tert-OH is 4. The molecule has 2 rings (SSSR count). The third-order valence-electron chi connectivity index (χ3n) is 4.25. The zero-order chi connectivity index (χ0) is 22.5. The van der Waals surface area contributed by atoms with Crippen LogP contribution in [-0.2, 0) is 4.74 Å². The first-order valence-electron chi connectivity index (χ1n) is 9.15. The highest BCUT2D eigenvalue weighted by Crippen LogP contribution is 2.35. The van der Waals surface area contributed by atoms with E-state index in [-0.39, 0.29) is 35.8 Å². The van der Waals surface area contributed by atoms with Gasteiger partial charge in [-0.15, -0.1) is 0 Å². The Hall–Kier alpha value is -1.09. The molecule has 172 valence electrons. The van der Waals surface area contributed by atoms with E-state index in [4.69, 9.17) is 21.4 Å². The molecule has 5 atom stereocenters. The first-order valence-corrected chi connectivity index (χ1v) is 10.5. The molecular weight excluding hydrogens is 453 g/mol. The van der Waals surface area contributed by atoms with E-state index in [9.17, 15) is 28.5 Å². The van der Waals surface area contributed by atoms with Gasteiger partial charge in [0.15, 0.2) is 16.1 Å². The van der Waals surface area contributed by atoms with Crippen LogP contribution < -0.4 is 10.6 Å². The second-order valence-corrected chi connectivity index (χ2v) is 7.98. The Bertz CT molecular complexity index is 706. The molecule has 0 amide bonds. The first-order chi connectivity index (χ1) is 14.1. The predicted molar refractivity (Wildman–Crippen MR) is 105 cm³/mol. The highest BCUT2D eigenvalue weighted by molar-refractivity contribution is 7.99. The normalized spacial score (nSPS) is 25.4. The number of aliphatic hydroxyl groups is 4. The number of nitrogens with zero attached hydrogens (tertiary/aromatic N) is 2. The third-order valence-corrected chi connectivity index (χ3v) is 5.57. The molecule has 1 fully saturated rings. The molecule has 0 saturated heterocycles. The summed E-state index contributed by atoms with van der Waals surface area (Å²) < 4.78 is 43.7. The van der Waals surface area contributed by atoms with Crippen LogP contribution in [0.2, 0.25) is 5.15 Å². The topological polar surface area (TPSA) is 140 Å². The number of hydrogen-bond donors (Lipinski definition) is 6. The van der Waals surface area contributed by atoms with Gasteiger partial charge in [0.25, 0.3) is 0 Å². The van der Waals surface area contributed by atoms with E-state index in [2.05, 4.69) is 15.3 Å². The minimum Gasteiger partial charge on any atom is -0.394 e. The van der Waals surface area contributed by atoms with E-state index in [1.54, 1.807) is 0 Å². The lowest BCUT2D eigenvalue weighted by Crippen LogP contribution is -2.38. The summed E-state index contributed by atoms with van der Waals surface area (Å²) in [6.45, 7) is 1.59. The van der Waals surface area contributed by atoms with E-state index in [0.717, 1.165) is 6.42 Å². The standard InChI is InChI=1S/C16H24ClF3N4O5S/c1-2-5-30-15-23-12(17)9(22-14(28)16(18,19)20)13(24-15)21-7-6-8(29-4-3-25)11(27)10(7)26/h7-8,10-11,14,22,25-28H,2-6H2,1H3,(H,21,23,24)/t7-,8+,10+,11-,14?/m1/s1. The first kappa shape index (κ1) is 25.2. The van der Waals surface area contributed by atoms with Crippen molar-refractivity contribution in [3.05, 3.63) is 5.15 Å². The van der Waals surface area contributed by atoms with Crippen molar-refractivity contribution in [2.45, 2.75) is 61.7 Å². The van der Waals surface area contributed by atoms with E-state index >= 15 is 0 Å². The van der Waals surface area contributed by atoms with E-state index in [0.29, 0.717) is 5.75 Å². The van der Waals surface area contributed by atoms with Crippen LogP contribution in [0.15, 0.2) is 5.16 Å². The molecule has 6 N–H and O–H groups in total. The van der Waals surface area contributed by atoms with Gasteiger partial charge in [-0.05, 0) is 12.8 Å². The SMILES string of the molecule is CCCSc1nc(Cl)c(NC(O)C(F)(F)F)c(N[C@@H]2C[C@H](OCCO)[C@@H](O)[C@H]2O)n1. The lowest BCUT2D eigenvalue weighted by molar-refractivity contribution is -0.194. The number of aromatic nitrogens is 2. The average molecular weight is 477 g/mol. The van der Waals surface area contributed by atoms with E-state index in [1.165, 1.54) is 11.8 Å². The summed E-state index contributed by atoms with van der Waals surface area (Å²) in [6, 6.07) is -0.845. The quantitative estimate of drug-likeness (QED) is 0.126. The number of halogens is 4. The summed E-state index contributed by atoms with van der Waals surface area (Å²) in [5.74, 6) is 0.464. The van der Waals surface area contributed by atoms with Crippen LogP contribution in [0.1, 0.15) is 19.8 Å². The van der Waals surface area contributed by atoms with Gasteiger partial charge < -0.3 is 35.8 Å². The molecule has 0 spiro atoms. The fraction of sp³-hybridized carbons (Fsp3) is 0.750.